The zero-order valence-corrected chi connectivity index (χ0v) is 58.9. The SMILES string of the molecule is COc1cc2c(Oc3ccc(NC(=O)c4c(C)n(C)n(-c5ccccc5)c4=O)cc3F)ccnc2cc1OCCCN(C)CCOC(=O)CN.COc1cc2c(Oc3ccc(NC(=O)c4c(C)n(C)n(-c5ccccc5)c4=O)cc3F)ccnc2cc1OCCCN1CC(OC(=O)[C@H](C)N)C2(CC2)C1. The first-order valence-electron chi connectivity index (χ1n) is 33.8. The molecule has 1 aliphatic heterocycles. The van der Waals surface area contributed by atoms with Crippen molar-refractivity contribution >= 4 is 56.9 Å². The minimum Gasteiger partial charge on any atom is -0.493 e. The van der Waals surface area contributed by atoms with E-state index in [2.05, 4.69) is 25.5 Å². The normalized spacial score (nSPS) is 14.0. The van der Waals surface area contributed by atoms with Crippen LogP contribution in [0.5, 0.6) is 46.0 Å². The molecule has 1 spiro atoms. The number of rotatable bonds is 28. The van der Waals surface area contributed by atoms with Gasteiger partial charge in [0, 0.05) is 111 Å². The van der Waals surface area contributed by atoms with Gasteiger partial charge in [0.05, 0.1) is 67.8 Å². The number of para-hydroxylation sites is 2. The number of anilines is 2. The van der Waals surface area contributed by atoms with Crippen molar-refractivity contribution in [3.63, 3.8) is 0 Å². The number of aromatic nitrogens is 6. The molecule has 10 aromatic rings. The molecule has 1 saturated carbocycles. The molecule has 2 atom stereocenters. The largest absolute Gasteiger partial charge is 0.493 e. The van der Waals surface area contributed by atoms with Crippen molar-refractivity contribution in [3.05, 3.63) is 201 Å². The van der Waals surface area contributed by atoms with Gasteiger partial charge in [0.25, 0.3) is 22.9 Å². The van der Waals surface area contributed by atoms with Crippen molar-refractivity contribution in [1.29, 1.82) is 0 Å². The smallest absolute Gasteiger partial charge is 0.322 e. The highest BCUT2D eigenvalue weighted by molar-refractivity contribution is 6.06. The molecule has 104 heavy (non-hydrogen) atoms. The summed E-state index contributed by atoms with van der Waals surface area (Å²) in [6, 6.07) is 35.5. The maximum absolute atomic E-state index is 15.4. The Morgan fingerprint density at radius 2 is 1.11 bits per heavy atom. The van der Waals surface area contributed by atoms with Crippen LogP contribution in [0, 0.1) is 30.9 Å². The lowest BCUT2D eigenvalue weighted by molar-refractivity contribution is -0.152. The number of esters is 2. The number of ether oxygens (including phenoxy) is 8. The number of fused-ring (bicyclic) bond motifs is 2. The number of pyridine rings is 2. The van der Waals surface area contributed by atoms with Crippen LogP contribution in [0.15, 0.2) is 155 Å². The molecule has 544 valence electrons. The second kappa shape index (κ2) is 32.7. The second-order valence-electron chi connectivity index (χ2n) is 25.4. The maximum Gasteiger partial charge on any atom is 0.322 e. The standard InChI is InChI=1S/C40H43FN6O7.C36H39FN6O7/c1-24(42)39(50)54-35-22-46(23-40(35)14-15-40)17-8-18-52-34-21-30-28(20-33(34)51-4)31(13-16-43-30)53-32-12-11-26(19-29(32)41)44-37(48)36-25(2)45(3)47(38(36)49)27-9-6-5-7-10-27;1-23-34(36(46)43(42(23)3)25-9-6-5-7-10-25)35(45)40-24-11-12-30(27(37)19-24)50-29-13-14-39-28-21-32(31(47-4)20-26(28)29)48-17-8-15-41(2)16-18-49-33(44)22-38/h5-7,9-13,16,19-21,24,35H,8,14-15,17-18,22-23,42H2,1-4H3,(H,44,48);5-7,9-14,19-21H,8,15-18,22,38H2,1-4H3,(H,40,45)/t24-,35?;/m0./s1. The highest BCUT2D eigenvalue weighted by atomic mass is 19.1. The molecule has 1 aliphatic carbocycles. The van der Waals surface area contributed by atoms with Crippen LogP contribution in [-0.4, -0.2) is 155 Å². The van der Waals surface area contributed by atoms with Crippen molar-refractivity contribution < 1.29 is 65.9 Å². The zero-order valence-electron chi connectivity index (χ0n) is 58.9. The van der Waals surface area contributed by atoms with Gasteiger partial charge in [0.1, 0.15) is 41.4 Å². The van der Waals surface area contributed by atoms with Crippen LogP contribution in [0.2, 0.25) is 0 Å². The molecule has 1 saturated heterocycles. The molecule has 26 nitrogen and oxygen atoms in total. The Morgan fingerprint density at radius 1 is 0.625 bits per heavy atom. The number of benzene rings is 6. The van der Waals surface area contributed by atoms with Gasteiger partial charge in [0.15, 0.2) is 46.1 Å². The summed E-state index contributed by atoms with van der Waals surface area (Å²) in [6.07, 6.45) is 6.51. The quantitative estimate of drug-likeness (QED) is 0.0262. The Hall–Kier alpha value is -11.5. The van der Waals surface area contributed by atoms with Crippen LogP contribution in [0.25, 0.3) is 33.2 Å². The summed E-state index contributed by atoms with van der Waals surface area (Å²) in [5.41, 5.74) is 13.5. The maximum atomic E-state index is 15.4. The Bertz CT molecular complexity index is 4920. The third-order valence-corrected chi connectivity index (χ3v) is 18.2. The van der Waals surface area contributed by atoms with Gasteiger partial charge >= 0.3 is 11.9 Å². The summed E-state index contributed by atoms with van der Waals surface area (Å²) in [5, 5.41) is 6.41. The molecule has 5 heterocycles. The van der Waals surface area contributed by atoms with Crippen LogP contribution in [0.3, 0.4) is 0 Å². The van der Waals surface area contributed by atoms with E-state index in [0.29, 0.717) is 118 Å². The van der Waals surface area contributed by atoms with Gasteiger partial charge in [-0.25, -0.2) is 18.1 Å². The third kappa shape index (κ3) is 16.7. The van der Waals surface area contributed by atoms with Crippen molar-refractivity contribution in [2.45, 2.75) is 58.6 Å². The molecule has 12 rings (SSSR count). The lowest BCUT2D eigenvalue weighted by Gasteiger charge is -2.19. The minimum absolute atomic E-state index is 0.0449. The molecule has 4 aromatic heterocycles. The lowest BCUT2D eigenvalue weighted by atomic mass is 10.0. The number of methoxy groups -OCH3 is 2. The van der Waals surface area contributed by atoms with E-state index < -0.39 is 46.6 Å². The number of likely N-dealkylation sites (tertiary alicyclic amines) is 1. The summed E-state index contributed by atoms with van der Waals surface area (Å²) >= 11 is 0. The van der Waals surface area contributed by atoms with Gasteiger partial charge in [-0.2, -0.15) is 0 Å². The van der Waals surface area contributed by atoms with Crippen LogP contribution in [0.1, 0.15) is 64.7 Å². The molecule has 28 heteroatoms. The van der Waals surface area contributed by atoms with Crippen molar-refractivity contribution in [2.24, 2.45) is 31.0 Å². The van der Waals surface area contributed by atoms with Gasteiger partial charge < -0.3 is 64.9 Å². The minimum atomic E-state index is -0.728. The number of hydrogen-bond donors (Lipinski definition) is 4. The van der Waals surface area contributed by atoms with E-state index in [4.69, 9.17) is 49.4 Å². The van der Waals surface area contributed by atoms with Crippen LogP contribution in [-0.2, 0) is 33.2 Å². The molecule has 0 bridgehead atoms. The summed E-state index contributed by atoms with van der Waals surface area (Å²) in [6.45, 7) is 9.57. The van der Waals surface area contributed by atoms with E-state index in [1.54, 1.807) is 135 Å². The van der Waals surface area contributed by atoms with Gasteiger partial charge in [-0.3, -0.25) is 53.0 Å². The highest BCUT2D eigenvalue weighted by Crippen LogP contribution is 2.54. The number of likely N-dealkylation sites (N-methyl/N-ethyl adjacent to an activating group) is 1. The number of halogens is 2. The van der Waals surface area contributed by atoms with Crippen molar-refractivity contribution in [1.82, 2.24) is 38.5 Å². The molecule has 2 aliphatic rings. The molecular weight excluding hydrogens is 1340 g/mol. The Morgan fingerprint density at radius 3 is 1.55 bits per heavy atom. The van der Waals surface area contributed by atoms with Crippen molar-refractivity contribution in [3.8, 4) is 57.4 Å². The van der Waals surface area contributed by atoms with Crippen molar-refractivity contribution in [2.75, 3.05) is 91.0 Å². The number of nitrogens with zero attached hydrogens (tertiary/aromatic N) is 8. The highest BCUT2D eigenvalue weighted by Gasteiger charge is 2.57. The molecular formula is C76H82F2N12O14. The third-order valence-electron chi connectivity index (χ3n) is 18.2. The topological polar surface area (TPSA) is 304 Å². The van der Waals surface area contributed by atoms with Gasteiger partial charge in [-0.15, -0.1) is 0 Å². The van der Waals surface area contributed by atoms with E-state index >= 15 is 8.78 Å². The Balaban J connectivity index is 0.000000209. The molecule has 6 aromatic carbocycles. The van der Waals surface area contributed by atoms with Crippen LogP contribution in [0.4, 0.5) is 20.2 Å². The number of carbonyl (C=O) groups excluding carboxylic acids is 4. The average Bonchev–Trinajstić information content (AvgIpc) is 1.57. The first-order chi connectivity index (χ1) is 50.1. The molecule has 2 fully saturated rings. The fourth-order valence-electron chi connectivity index (χ4n) is 12.3. The van der Waals surface area contributed by atoms with E-state index in [1.165, 1.54) is 54.0 Å². The number of carbonyl (C=O) groups is 4. The van der Waals surface area contributed by atoms with Gasteiger partial charge in [-0.1, -0.05) is 36.4 Å². The average molecular weight is 1430 g/mol. The van der Waals surface area contributed by atoms with E-state index in [-0.39, 0.29) is 64.6 Å². The summed E-state index contributed by atoms with van der Waals surface area (Å²) < 4.78 is 82.9. The first-order valence-corrected chi connectivity index (χ1v) is 33.8. The van der Waals surface area contributed by atoms with E-state index in [9.17, 15) is 28.8 Å². The Labute approximate surface area is 597 Å². The fourth-order valence-corrected chi connectivity index (χ4v) is 12.3. The van der Waals surface area contributed by atoms with E-state index in [0.717, 1.165) is 44.5 Å². The first kappa shape index (κ1) is 73.8. The molecule has 2 amide bonds. The Kier molecular flexibility index (Phi) is 23.2. The fraction of sp³-hybridized carbons (Fsp3) is 0.316. The predicted molar refractivity (Wildman–Crippen MR) is 386 cm³/mol. The van der Waals surface area contributed by atoms with Gasteiger partial charge in [-0.05, 0) is 126 Å². The van der Waals surface area contributed by atoms with Crippen LogP contribution < -0.4 is 61.6 Å². The number of nitrogens with two attached hydrogens (primary N) is 2. The molecule has 6 N–H and O–H groups in total. The summed E-state index contributed by atoms with van der Waals surface area (Å²) in [5.74, 6) is -1.16. The zero-order chi connectivity index (χ0) is 73.9. The lowest BCUT2D eigenvalue weighted by Crippen LogP contribution is -2.36. The second-order valence-corrected chi connectivity index (χ2v) is 25.4. The summed E-state index contributed by atoms with van der Waals surface area (Å²) in [7, 11) is 8.35. The number of nitrogens with one attached hydrogen (secondary N) is 2. The number of amides is 2. The monoisotopic (exact) mass is 1420 g/mol. The molecule has 1 unspecified atom stereocenters. The summed E-state index contributed by atoms with van der Waals surface area (Å²) in [4.78, 5) is 89.5. The number of hydrogen-bond acceptors (Lipinski definition) is 20. The van der Waals surface area contributed by atoms with Gasteiger partial charge in [0.2, 0.25) is 0 Å². The van der Waals surface area contributed by atoms with E-state index in [1.807, 2.05) is 24.1 Å². The molecule has 0 radical (unpaired) electrons. The predicted octanol–water partition coefficient (Wildman–Crippen LogP) is 9.78. The van der Waals surface area contributed by atoms with Crippen LogP contribution >= 0.6 is 0 Å².